The molecule has 1 saturated carbocycles. The first-order valence-corrected chi connectivity index (χ1v) is 8.71. The third-order valence-electron chi connectivity index (χ3n) is 4.12. The van der Waals surface area contributed by atoms with Crippen molar-refractivity contribution in [2.45, 2.75) is 50.5 Å². The Labute approximate surface area is 121 Å². The van der Waals surface area contributed by atoms with E-state index in [9.17, 15) is 13.5 Å². The lowest BCUT2D eigenvalue weighted by Gasteiger charge is -2.11. The van der Waals surface area contributed by atoms with Crippen molar-refractivity contribution in [1.29, 1.82) is 0 Å². The molecule has 0 radical (unpaired) electrons. The van der Waals surface area contributed by atoms with Crippen LogP contribution in [0.4, 0.5) is 0 Å². The smallest absolute Gasteiger partial charge is 0.240 e. The molecule has 5 heteroatoms. The fourth-order valence-corrected chi connectivity index (χ4v) is 3.86. The molecular formula is C15H23NO3S. The maximum Gasteiger partial charge on any atom is 0.240 e. The highest BCUT2D eigenvalue weighted by Gasteiger charge is 2.18. The van der Waals surface area contributed by atoms with Crippen LogP contribution in [-0.4, -0.2) is 20.1 Å². The Kier molecular flexibility index (Phi) is 5.18. The number of nitrogens with one attached hydrogen (secondary N) is 1. The van der Waals surface area contributed by atoms with Crippen LogP contribution in [0.5, 0.6) is 0 Å². The average Bonchev–Trinajstić information content (AvgIpc) is 2.92. The van der Waals surface area contributed by atoms with Crippen LogP contribution in [0.25, 0.3) is 0 Å². The maximum absolute atomic E-state index is 12.2. The van der Waals surface area contributed by atoms with Crippen molar-refractivity contribution < 1.29 is 13.5 Å². The molecule has 0 saturated heterocycles. The van der Waals surface area contributed by atoms with Gasteiger partial charge in [0.2, 0.25) is 10.0 Å². The molecule has 0 amide bonds. The summed E-state index contributed by atoms with van der Waals surface area (Å²) in [7, 11) is -3.46. The van der Waals surface area contributed by atoms with Crippen LogP contribution in [0.1, 0.15) is 43.2 Å². The molecule has 0 aromatic heterocycles. The molecule has 0 heterocycles. The van der Waals surface area contributed by atoms with Crippen LogP contribution in [0, 0.1) is 12.8 Å². The van der Waals surface area contributed by atoms with Gasteiger partial charge in [0.1, 0.15) is 0 Å². The van der Waals surface area contributed by atoms with E-state index in [2.05, 4.69) is 4.72 Å². The Morgan fingerprint density at radius 2 is 2.00 bits per heavy atom. The number of hydrogen-bond donors (Lipinski definition) is 2. The lowest BCUT2D eigenvalue weighted by molar-refractivity contribution is 0.280. The van der Waals surface area contributed by atoms with Gasteiger partial charge >= 0.3 is 0 Å². The highest BCUT2D eigenvalue weighted by molar-refractivity contribution is 7.89. The van der Waals surface area contributed by atoms with Gasteiger partial charge in [-0.05, 0) is 42.5 Å². The largest absolute Gasteiger partial charge is 0.392 e. The van der Waals surface area contributed by atoms with Crippen LogP contribution in [0.2, 0.25) is 0 Å². The van der Waals surface area contributed by atoms with Crippen molar-refractivity contribution in [2.75, 3.05) is 6.54 Å². The molecular weight excluding hydrogens is 274 g/mol. The van der Waals surface area contributed by atoms with Crippen molar-refractivity contribution in [3.63, 3.8) is 0 Å². The zero-order valence-electron chi connectivity index (χ0n) is 11.9. The molecule has 2 rings (SSSR count). The SMILES string of the molecule is Cc1ccc(S(=O)(=O)NCCC2CCCC2)cc1CO. The van der Waals surface area contributed by atoms with E-state index in [1.165, 1.54) is 25.7 Å². The third-order valence-corrected chi connectivity index (χ3v) is 5.58. The van der Waals surface area contributed by atoms with E-state index in [0.717, 1.165) is 12.0 Å². The van der Waals surface area contributed by atoms with Crippen LogP contribution in [0.15, 0.2) is 23.1 Å². The van der Waals surface area contributed by atoms with Gasteiger partial charge in [0.05, 0.1) is 11.5 Å². The van der Waals surface area contributed by atoms with Gasteiger partial charge in [-0.3, -0.25) is 0 Å². The van der Waals surface area contributed by atoms with E-state index in [0.29, 0.717) is 18.0 Å². The Hall–Kier alpha value is -0.910. The maximum atomic E-state index is 12.2. The van der Waals surface area contributed by atoms with Gasteiger partial charge in [0.15, 0.2) is 0 Å². The summed E-state index contributed by atoms with van der Waals surface area (Å²) in [6.07, 6.45) is 5.91. The zero-order chi connectivity index (χ0) is 14.6. The molecule has 1 aromatic rings. The van der Waals surface area contributed by atoms with E-state index in [1.807, 2.05) is 6.92 Å². The van der Waals surface area contributed by atoms with Crippen molar-refractivity contribution in [1.82, 2.24) is 4.72 Å². The summed E-state index contributed by atoms with van der Waals surface area (Å²) < 4.78 is 27.0. The van der Waals surface area contributed by atoms with Crippen molar-refractivity contribution in [3.05, 3.63) is 29.3 Å². The van der Waals surface area contributed by atoms with Crippen LogP contribution < -0.4 is 4.72 Å². The van der Waals surface area contributed by atoms with E-state index in [-0.39, 0.29) is 11.5 Å². The first-order valence-electron chi connectivity index (χ1n) is 7.23. The van der Waals surface area contributed by atoms with Gasteiger partial charge in [0, 0.05) is 6.54 Å². The quantitative estimate of drug-likeness (QED) is 0.847. The summed E-state index contributed by atoms with van der Waals surface area (Å²) in [5, 5.41) is 9.21. The van der Waals surface area contributed by atoms with E-state index >= 15 is 0 Å². The van der Waals surface area contributed by atoms with Crippen LogP contribution in [-0.2, 0) is 16.6 Å². The highest BCUT2D eigenvalue weighted by Crippen LogP contribution is 2.27. The summed E-state index contributed by atoms with van der Waals surface area (Å²) in [5.74, 6) is 0.670. The second-order valence-corrected chi connectivity index (χ2v) is 7.35. The standard InChI is InChI=1S/C15H23NO3S/c1-12-6-7-15(10-14(12)11-17)20(18,19)16-9-8-13-4-2-3-5-13/h6-7,10,13,16-17H,2-5,8-9,11H2,1H3. The lowest BCUT2D eigenvalue weighted by Crippen LogP contribution is -2.26. The molecule has 20 heavy (non-hydrogen) atoms. The van der Waals surface area contributed by atoms with Gasteiger partial charge in [-0.1, -0.05) is 31.7 Å². The van der Waals surface area contributed by atoms with Crippen molar-refractivity contribution >= 4 is 10.0 Å². The molecule has 2 N–H and O–H groups in total. The van der Waals surface area contributed by atoms with Crippen LogP contribution in [0.3, 0.4) is 0 Å². The summed E-state index contributed by atoms with van der Waals surface area (Å²) >= 11 is 0. The minimum atomic E-state index is -3.46. The van der Waals surface area contributed by atoms with Gasteiger partial charge < -0.3 is 5.11 Å². The first-order chi connectivity index (χ1) is 9.53. The Bertz CT molecular complexity index is 548. The molecule has 0 unspecified atom stereocenters. The van der Waals surface area contributed by atoms with Gasteiger partial charge in [0.25, 0.3) is 0 Å². The fourth-order valence-electron chi connectivity index (χ4n) is 2.77. The number of aliphatic hydroxyl groups excluding tert-OH is 1. The van der Waals surface area contributed by atoms with Crippen molar-refractivity contribution in [2.24, 2.45) is 5.92 Å². The van der Waals surface area contributed by atoms with Crippen LogP contribution >= 0.6 is 0 Å². The predicted octanol–water partition coefficient (Wildman–Crippen LogP) is 2.35. The summed E-state index contributed by atoms with van der Waals surface area (Å²) in [5.41, 5.74) is 1.56. The van der Waals surface area contributed by atoms with E-state index < -0.39 is 10.0 Å². The number of benzene rings is 1. The molecule has 0 atom stereocenters. The monoisotopic (exact) mass is 297 g/mol. The lowest BCUT2D eigenvalue weighted by atomic mass is 10.1. The normalized spacial score (nSPS) is 16.7. The molecule has 4 nitrogen and oxygen atoms in total. The zero-order valence-corrected chi connectivity index (χ0v) is 12.7. The van der Waals surface area contributed by atoms with E-state index in [4.69, 9.17) is 0 Å². The number of rotatable bonds is 6. The minimum Gasteiger partial charge on any atom is -0.392 e. The molecule has 1 aliphatic carbocycles. The number of aliphatic hydroxyl groups is 1. The van der Waals surface area contributed by atoms with Crippen molar-refractivity contribution in [3.8, 4) is 0 Å². The Balaban J connectivity index is 1.98. The molecule has 112 valence electrons. The molecule has 0 aliphatic heterocycles. The van der Waals surface area contributed by atoms with Gasteiger partial charge in [-0.25, -0.2) is 13.1 Å². The predicted molar refractivity (Wildman–Crippen MR) is 78.9 cm³/mol. The number of aryl methyl sites for hydroxylation is 1. The fraction of sp³-hybridized carbons (Fsp3) is 0.600. The molecule has 1 aromatic carbocycles. The number of sulfonamides is 1. The average molecular weight is 297 g/mol. The second-order valence-electron chi connectivity index (χ2n) is 5.58. The second kappa shape index (κ2) is 6.70. The van der Waals surface area contributed by atoms with Gasteiger partial charge in [-0.15, -0.1) is 0 Å². The third kappa shape index (κ3) is 3.81. The van der Waals surface area contributed by atoms with Gasteiger partial charge in [-0.2, -0.15) is 0 Å². The topological polar surface area (TPSA) is 66.4 Å². The molecule has 0 spiro atoms. The Morgan fingerprint density at radius 1 is 1.30 bits per heavy atom. The number of hydrogen-bond acceptors (Lipinski definition) is 3. The summed E-state index contributed by atoms with van der Waals surface area (Å²) in [6.45, 7) is 2.21. The minimum absolute atomic E-state index is 0.142. The summed E-state index contributed by atoms with van der Waals surface area (Å²) in [6, 6.07) is 4.87. The first kappa shape index (κ1) is 15.5. The molecule has 1 aliphatic rings. The highest BCUT2D eigenvalue weighted by atomic mass is 32.2. The Morgan fingerprint density at radius 3 is 2.65 bits per heavy atom. The molecule has 0 bridgehead atoms. The summed E-state index contributed by atoms with van der Waals surface area (Å²) in [4.78, 5) is 0.235. The molecule has 1 fully saturated rings. The van der Waals surface area contributed by atoms with E-state index in [1.54, 1.807) is 18.2 Å².